The van der Waals surface area contributed by atoms with Crippen molar-refractivity contribution in [1.82, 2.24) is 5.32 Å². The summed E-state index contributed by atoms with van der Waals surface area (Å²) in [7, 11) is 1.55. The number of methoxy groups -OCH3 is 1. The molecule has 7 heteroatoms. The van der Waals surface area contributed by atoms with Crippen molar-refractivity contribution in [2.24, 2.45) is 0 Å². The van der Waals surface area contributed by atoms with Gasteiger partial charge in [0, 0.05) is 11.6 Å². The molecule has 1 N–H and O–H groups in total. The number of carbonyl (C=O) groups excluding carboxylic acids is 1. The number of nitriles is 1. The summed E-state index contributed by atoms with van der Waals surface area (Å²) in [4.78, 5) is 12.5. The van der Waals surface area contributed by atoms with Crippen LogP contribution in [-0.2, 0) is 17.9 Å². The fraction of sp³-hybridized carbons (Fsp3) is 0.120. The lowest BCUT2D eigenvalue weighted by Crippen LogP contribution is -2.23. The predicted octanol–water partition coefficient (Wildman–Crippen LogP) is 5.76. The summed E-state index contributed by atoms with van der Waals surface area (Å²) in [5.74, 6) is 0.666. The quantitative estimate of drug-likeness (QED) is 0.217. The first-order valence-electron chi connectivity index (χ1n) is 9.69. The van der Waals surface area contributed by atoms with Gasteiger partial charge in [0.25, 0.3) is 5.91 Å². The minimum atomic E-state index is -0.437. The first-order chi connectivity index (χ1) is 15.5. The average molecular weight is 559 g/mol. The third-order valence-corrected chi connectivity index (χ3v) is 5.57. The van der Waals surface area contributed by atoms with Gasteiger partial charge in [-0.15, -0.1) is 0 Å². The molecule has 0 saturated heterocycles. The monoisotopic (exact) mass is 558 g/mol. The molecule has 1 amide bonds. The zero-order chi connectivity index (χ0) is 22.9. The molecule has 0 heterocycles. The molecule has 3 aromatic rings. The number of hydrogen-bond donors (Lipinski definition) is 1. The zero-order valence-corrected chi connectivity index (χ0v) is 20.2. The lowest BCUT2D eigenvalue weighted by Gasteiger charge is -2.14. The molecule has 0 spiro atoms. The molecule has 0 aliphatic heterocycles. The topological polar surface area (TPSA) is 71.3 Å². The van der Waals surface area contributed by atoms with Gasteiger partial charge in [-0.05, 0) is 69.6 Å². The van der Waals surface area contributed by atoms with E-state index in [9.17, 15) is 10.1 Å². The minimum absolute atomic E-state index is 0.00798. The van der Waals surface area contributed by atoms with Gasteiger partial charge in [0.1, 0.15) is 18.2 Å². The molecular weight excluding hydrogens is 539 g/mol. The first kappa shape index (κ1) is 23.6. The number of carbonyl (C=O) groups is 1. The summed E-state index contributed by atoms with van der Waals surface area (Å²) in [6, 6.07) is 22.5. The van der Waals surface area contributed by atoms with E-state index in [4.69, 9.17) is 21.1 Å². The Hall–Kier alpha value is -3.02. The van der Waals surface area contributed by atoms with Crippen LogP contribution in [0, 0.1) is 14.9 Å². The van der Waals surface area contributed by atoms with E-state index in [0.29, 0.717) is 35.2 Å². The first-order valence-corrected chi connectivity index (χ1v) is 11.1. The van der Waals surface area contributed by atoms with E-state index in [0.717, 1.165) is 14.7 Å². The molecule has 0 bridgehead atoms. The van der Waals surface area contributed by atoms with Crippen LogP contribution < -0.4 is 14.8 Å². The molecule has 0 saturated carbocycles. The van der Waals surface area contributed by atoms with Crippen LogP contribution in [0.25, 0.3) is 6.08 Å². The van der Waals surface area contributed by atoms with Crippen LogP contribution in [0.5, 0.6) is 11.5 Å². The summed E-state index contributed by atoms with van der Waals surface area (Å²) in [5.41, 5.74) is 2.60. The van der Waals surface area contributed by atoms with E-state index in [-0.39, 0.29) is 5.57 Å². The maximum atomic E-state index is 12.5. The molecule has 0 unspecified atom stereocenters. The Morgan fingerprint density at radius 2 is 1.84 bits per heavy atom. The molecule has 0 fully saturated rings. The fourth-order valence-electron chi connectivity index (χ4n) is 2.89. The van der Waals surface area contributed by atoms with Crippen molar-refractivity contribution < 1.29 is 14.3 Å². The van der Waals surface area contributed by atoms with E-state index in [1.54, 1.807) is 13.2 Å². The van der Waals surface area contributed by atoms with Gasteiger partial charge in [0.2, 0.25) is 0 Å². The van der Waals surface area contributed by atoms with Crippen LogP contribution >= 0.6 is 34.2 Å². The van der Waals surface area contributed by atoms with Crippen LogP contribution in [0.4, 0.5) is 0 Å². The Morgan fingerprint density at radius 3 is 2.50 bits per heavy atom. The van der Waals surface area contributed by atoms with Gasteiger partial charge in [-0.25, -0.2) is 0 Å². The number of ether oxygens (including phenoxy) is 2. The van der Waals surface area contributed by atoms with Crippen molar-refractivity contribution in [3.63, 3.8) is 0 Å². The van der Waals surface area contributed by atoms with E-state index in [2.05, 4.69) is 27.9 Å². The SMILES string of the molecule is COc1cc(/C=C(\C#N)C(=O)NCc2ccccc2)cc(I)c1OCc1ccc(Cl)cc1. The molecule has 0 atom stereocenters. The largest absolute Gasteiger partial charge is 0.493 e. The van der Waals surface area contributed by atoms with E-state index in [1.807, 2.05) is 66.7 Å². The van der Waals surface area contributed by atoms with Gasteiger partial charge < -0.3 is 14.8 Å². The molecule has 3 rings (SSSR count). The predicted molar refractivity (Wildman–Crippen MR) is 133 cm³/mol. The third-order valence-electron chi connectivity index (χ3n) is 4.52. The Labute approximate surface area is 205 Å². The van der Waals surface area contributed by atoms with Crippen LogP contribution in [0.3, 0.4) is 0 Å². The highest BCUT2D eigenvalue weighted by molar-refractivity contribution is 14.1. The second kappa shape index (κ2) is 11.6. The van der Waals surface area contributed by atoms with Crippen molar-refractivity contribution in [3.05, 3.63) is 97.6 Å². The summed E-state index contributed by atoms with van der Waals surface area (Å²) < 4.78 is 12.3. The summed E-state index contributed by atoms with van der Waals surface area (Å²) >= 11 is 8.07. The molecule has 32 heavy (non-hydrogen) atoms. The Kier molecular flexibility index (Phi) is 8.54. The highest BCUT2D eigenvalue weighted by Crippen LogP contribution is 2.35. The number of halogens is 2. The molecule has 0 radical (unpaired) electrons. The third kappa shape index (κ3) is 6.49. The van der Waals surface area contributed by atoms with Gasteiger partial charge in [-0.1, -0.05) is 54.1 Å². The lowest BCUT2D eigenvalue weighted by atomic mass is 10.1. The highest BCUT2D eigenvalue weighted by atomic mass is 127. The summed E-state index contributed by atoms with van der Waals surface area (Å²) in [6.07, 6.45) is 1.54. The zero-order valence-electron chi connectivity index (χ0n) is 17.3. The maximum absolute atomic E-state index is 12.5. The van der Waals surface area contributed by atoms with Gasteiger partial charge in [0.05, 0.1) is 10.7 Å². The molecular formula is C25H20ClIN2O3. The van der Waals surface area contributed by atoms with E-state index < -0.39 is 5.91 Å². The second-order valence-electron chi connectivity index (χ2n) is 6.79. The molecule has 3 aromatic carbocycles. The van der Waals surface area contributed by atoms with Crippen molar-refractivity contribution in [2.75, 3.05) is 7.11 Å². The van der Waals surface area contributed by atoms with Gasteiger partial charge in [-0.2, -0.15) is 5.26 Å². The standard InChI is InChI=1S/C25H20ClIN2O3/c1-31-23-13-19(11-20(14-28)25(30)29-15-17-5-3-2-4-6-17)12-22(27)24(23)32-16-18-7-9-21(26)10-8-18/h2-13H,15-16H2,1H3,(H,29,30)/b20-11+. The molecule has 0 aliphatic carbocycles. The van der Waals surface area contributed by atoms with Crippen molar-refractivity contribution >= 4 is 46.2 Å². The van der Waals surface area contributed by atoms with Gasteiger partial charge >= 0.3 is 0 Å². The summed E-state index contributed by atoms with van der Waals surface area (Å²) in [5, 5.41) is 12.9. The molecule has 5 nitrogen and oxygen atoms in total. The number of nitrogens with one attached hydrogen (secondary N) is 1. The minimum Gasteiger partial charge on any atom is -0.493 e. The molecule has 0 aromatic heterocycles. The summed E-state index contributed by atoms with van der Waals surface area (Å²) in [6.45, 7) is 0.696. The number of hydrogen-bond acceptors (Lipinski definition) is 4. The fourth-order valence-corrected chi connectivity index (χ4v) is 3.80. The van der Waals surface area contributed by atoms with Crippen molar-refractivity contribution in [1.29, 1.82) is 5.26 Å². The van der Waals surface area contributed by atoms with Crippen LogP contribution in [-0.4, -0.2) is 13.0 Å². The Bertz CT molecular complexity index is 1160. The van der Waals surface area contributed by atoms with Gasteiger partial charge in [0.15, 0.2) is 11.5 Å². The van der Waals surface area contributed by atoms with Crippen LogP contribution in [0.2, 0.25) is 5.02 Å². The number of rotatable bonds is 8. The van der Waals surface area contributed by atoms with E-state index >= 15 is 0 Å². The van der Waals surface area contributed by atoms with Crippen molar-refractivity contribution in [2.45, 2.75) is 13.2 Å². The number of nitrogens with zero attached hydrogens (tertiary/aromatic N) is 1. The smallest absolute Gasteiger partial charge is 0.262 e. The lowest BCUT2D eigenvalue weighted by molar-refractivity contribution is -0.117. The molecule has 162 valence electrons. The van der Waals surface area contributed by atoms with Crippen LogP contribution in [0.1, 0.15) is 16.7 Å². The van der Waals surface area contributed by atoms with E-state index in [1.165, 1.54) is 6.08 Å². The second-order valence-corrected chi connectivity index (χ2v) is 8.39. The van der Waals surface area contributed by atoms with Crippen LogP contribution in [0.15, 0.2) is 72.3 Å². The van der Waals surface area contributed by atoms with Crippen molar-refractivity contribution in [3.8, 4) is 17.6 Å². The maximum Gasteiger partial charge on any atom is 0.262 e. The molecule has 0 aliphatic rings. The average Bonchev–Trinajstić information content (AvgIpc) is 2.81. The Balaban J connectivity index is 1.75. The highest BCUT2D eigenvalue weighted by Gasteiger charge is 2.14. The van der Waals surface area contributed by atoms with Gasteiger partial charge in [-0.3, -0.25) is 4.79 Å². The number of amides is 1. The Morgan fingerprint density at radius 1 is 1.12 bits per heavy atom. The number of benzene rings is 3. The normalized spacial score (nSPS) is 10.9.